The lowest BCUT2D eigenvalue weighted by molar-refractivity contribution is -0.192. The highest BCUT2D eigenvalue weighted by Gasteiger charge is 2.38. The minimum absolute atomic E-state index is 0.191. The van der Waals surface area contributed by atoms with Crippen LogP contribution in [0.1, 0.15) is 40.5 Å². The molecule has 11 heteroatoms. The topological polar surface area (TPSA) is 107 Å². The average molecular weight is 487 g/mol. The number of benzene rings is 2. The SMILES string of the molecule is CC1CCN(c2ccc(NC(=O)c3ccccc3Cl)cc2C(=O)O)CC1.O=C(O)C(F)(F)F. The molecule has 2 aromatic carbocycles. The second-order valence-corrected chi connectivity index (χ2v) is 7.85. The molecule has 1 aliphatic heterocycles. The van der Waals surface area contributed by atoms with Gasteiger partial charge < -0.3 is 20.4 Å². The molecule has 0 bridgehead atoms. The molecular formula is C22H22ClF3N2O5. The molecule has 1 fully saturated rings. The van der Waals surface area contributed by atoms with Crippen LogP contribution in [0.2, 0.25) is 5.02 Å². The summed E-state index contributed by atoms with van der Waals surface area (Å²) in [7, 11) is 0. The fraction of sp³-hybridized carbons (Fsp3) is 0.318. The molecule has 0 aromatic heterocycles. The normalized spacial score (nSPS) is 14.2. The smallest absolute Gasteiger partial charge is 0.478 e. The first-order valence-corrected chi connectivity index (χ1v) is 10.3. The van der Waals surface area contributed by atoms with E-state index in [-0.39, 0.29) is 11.5 Å². The second-order valence-electron chi connectivity index (χ2n) is 7.44. The molecule has 0 atom stereocenters. The lowest BCUT2D eigenvalue weighted by Gasteiger charge is -2.33. The number of halogens is 4. The zero-order valence-electron chi connectivity index (χ0n) is 17.5. The van der Waals surface area contributed by atoms with Crippen LogP contribution in [0.4, 0.5) is 24.5 Å². The van der Waals surface area contributed by atoms with Gasteiger partial charge in [-0.1, -0.05) is 30.7 Å². The maximum Gasteiger partial charge on any atom is 0.490 e. The number of piperidine rings is 1. The highest BCUT2D eigenvalue weighted by atomic mass is 35.5. The minimum atomic E-state index is -5.08. The van der Waals surface area contributed by atoms with E-state index in [9.17, 15) is 27.9 Å². The molecule has 3 N–H and O–H groups in total. The molecule has 0 saturated carbocycles. The third-order valence-electron chi connectivity index (χ3n) is 4.97. The van der Waals surface area contributed by atoms with Crippen LogP contribution in [0.3, 0.4) is 0 Å². The van der Waals surface area contributed by atoms with E-state index in [1.165, 1.54) is 6.07 Å². The van der Waals surface area contributed by atoms with Gasteiger partial charge in [-0.15, -0.1) is 0 Å². The summed E-state index contributed by atoms with van der Waals surface area (Å²) in [6.45, 7) is 3.89. The van der Waals surface area contributed by atoms with Gasteiger partial charge in [0.15, 0.2) is 0 Å². The molecule has 33 heavy (non-hydrogen) atoms. The summed E-state index contributed by atoms with van der Waals surface area (Å²) in [6.07, 6.45) is -2.99. The van der Waals surface area contributed by atoms with E-state index >= 15 is 0 Å². The van der Waals surface area contributed by atoms with Crippen molar-refractivity contribution in [1.29, 1.82) is 0 Å². The molecule has 1 amide bonds. The predicted molar refractivity (Wildman–Crippen MR) is 117 cm³/mol. The van der Waals surface area contributed by atoms with Crippen molar-refractivity contribution in [2.45, 2.75) is 25.9 Å². The van der Waals surface area contributed by atoms with Gasteiger partial charge in [-0.05, 0) is 49.1 Å². The summed E-state index contributed by atoms with van der Waals surface area (Å²) in [5.74, 6) is -3.47. The molecular weight excluding hydrogens is 465 g/mol. The van der Waals surface area contributed by atoms with Crippen molar-refractivity contribution < 1.29 is 37.8 Å². The molecule has 0 aliphatic carbocycles. The number of carboxylic acids is 2. The molecule has 1 aliphatic rings. The predicted octanol–water partition coefficient (Wildman–Crippen LogP) is 5.16. The van der Waals surface area contributed by atoms with Gasteiger partial charge >= 0.3 is 18.1 Å². The first kappa shape index (κ1) is 26.0. The zero-order valence-corrected chi connectivity index (χ0v) is 18.3. The summed E-state index contributed by atoms with van der Waals surface area (Å²) in [6, 6.07) is 11.7. The molecule has 1 saturated heterocycles. The quantitative estimate of drug-likeness (QED) is 0.551. The number of nitrogens with one attached hydrogen (secondary N) is 1. The van der Waals surface area contributed by atoms with Crippen molar-refractivity contribution in [3.05, 3.63) is 58.6 Å². The number of aromatic carboxylic acids is 1. The van der Waals surface area contributed by atoms with Crippen molar-refractivity contribution in [1.82, 2.24) is 0 Å². The largest absolute Gasteiger partial charge is 0.490 e. The molecule has 0 unspecified atom stereocenters. The Morgan fingerprint density at radius 3 is 2.12 bits per heavy atom. The van der Waals surface area contributed by atoms with Crippen LogP contribution in [0.5, 0.6) is 0 Å². The number of aliphatic carboxylic acids is 1. The van der Waals surface area contributed by atoms with Gasteiger partial charge in [0.05, 0.1) is 21.8 Å². The zero-order chi connectivity index (χ0) is 24.8. The fourth-order valence-electron chi connectivity index (χ4n) is 3.15. The number of nitrogens with zero attached hydrogens (tertiary/aromatic N) is 1. The number of hydrogen-bond acceptors (Lipinski definition) is 4. The molecule has 178 valence electrons. The Bertz CT molecular complexity index is 1020. The fourth-order valence-corrected chi connectivity index (χ4v) is 3.38. The number of anilines is 2. The van der Waals surface area contributed by atoms with Gasteiger partial charge in [-0.2, -0.15) is 13.2 Å². The number of amides is 1. The van der Waals surface area contributed by atoms with Gasteiger partial charge in [0.1, 0.15) is 0 Å². The van der Waals surface area contributed by atoms with E-state index in [0.29, 0.717) is 27.9 Å². The van der Waals surface area contributed by atoms with Crippen molar-refractivity contribution in [3.63, 3.8) is 0 Å². The Kier molecular flexibility index (Phi) is 8.69. The summed E-state index contributed by atoms with van der Waals surface area (Å²) in [5, 5.41) is 19.8. The lowest BCUT2D eigenvalue weighted by Crippen LogP contribution is -2.33. The summed E-state index contributed by atoms with van der Waals surface area (Å²) in [4.78, 5) is 35.1. The van der Waals surface area contributed by atoms with Gasteiger partial charge in [0.25, 0.3) is 5.91 Å². The van der Waals surface area contributed by atoms with Gasteiger partial charge in [-0.25, -0.2) is 9.59 Å². The lowest BCUT2D eigenvalue weighted by atomic mass is 9.98. The second kappa shape index (κ2) is 11.0. The Morgan fingerprint density at radius 2 is 1.61 bits per heavy atom. The molecule has 0 spiro atoms. The number of carboxylic acid groups (broad SMARTS) is 2. The molecule has 0 radical (unpaired) electrons. The van der Waals surface area contributed by atoms with Crippen molar-refractivity contribution in [2.24, 2.45) is 5.92 Å². The van der Waals surface area contributed by atoms with E-state index in [0.717, 1.165) is 25.9 Å². The van der Waals surface area contributed by atoms with Gasteiger partial charge in [-0.3, -0.25) is 4.79 Å². The first-order valence-electron chi connectivity index (χ1n) is 9.88. The number of carbonyl (C=O) groups excluding carboxylic acids is 1. The van der Waals surface area contributed by atoms with Crippen LogP contribution >= 0.6 is 11.6 Å². The molecule has 7 nitrogen and oxygen atoms in total. The van der Waals surface area contributed by atoms with Crippen LogP contribution in [0.25, 0.3) is 0 Å². The van der Waals surface area contributed by atoms with E-state index < -0.39 is 18.1 Å². The standard InChI is InChI=1S/C20H21ClN2O3.C2HF3O2/c1-13-8-10-23(11-9-13)18-7-6-14(12-16(18)20(25)26)22-19(24)15-4-2-3-5-17(15)21;3-2(4,5)1(6)7/h2-7,12-13H,8-11H2,1H3,(H,22,24)(H,25,26);(H,6,7). The third-order valence-corrected chi connectivity index (χ3v) is 5.30. The van der Waals surface area contributed by atoms with Crippen molar-refractivity contribution in [2.75, 3.05) is 23.3 Å². The summed E-state index contributed by atoms with van der Waals surface area (Å²) in [5.41, 5.74) is 1.67. The highest BCUT2D eigenvalue weighted by Crippen LogP contribution is 2.29. The monoisotopic (exact) mass is 486 g/mol. The Hall–Kier alpha value is -3.27. The number of hydrogen-bond donors (Lipinski definition) is 3. The van der Waals surface area contributed by atoms with Crippen molar-refractivity contribution >= 4 is 40.8 Å². The third kappa shape index (κ3) is 7.38. The number of rotatable bonds is 4. The van der Waals surface area contributed by atoms with Crippen molar-refractivity contribution in [3.8, 4) is 0 Å². The highest BCUT2D eigenvalue weighted by molar-refractivity contribution is 6.34. The molecule has 2 aromatic rings. The van der Waals surface area contributed by atoms with E-state index in [2.05, 4.69) is 17.1 Å². The van der Waals surface area contributed by atoms with E-state index in [4.69, 9.17) is 21.5 Å². The summed E-state index contributed by atoms with van der Waals surface area (Å²) < 4.78 is 31.7. The van der Waals surface area contributed by atoms with E-state index in [1.807, 2.05) is 0 Å². The van der Waals surface area contributed by atoms with E-state index in [1.54, 1.807) is 36.4 Å². The average Bonchev–Trinajstić information content (AvgIpc) is 2.74. The Morgan fingerprint density at radius 1 is 1.03 bits per heavy atom. The maximum absolute atomic E-state index is 12.4. The van der Waals surface area contributed by atoms with Crippen LogP contribution in [0, 0.1) is 5.92 Å². The minimum Gasteiger partial charge on any atom is -0.478 e. The van der Waals surface area contributed by atoms with Crippen LogP contribution in [-0.2, 0) is 4.79 Å². The Balaban J connectivity index is 0.000000479. The number of carbonyl (C=O) groups is 3. The van der Waals surface area contributed by atoms with Crippen LogP contribution in [-0.4, -0.2) is 47.3 Å². The maximum atomic E-state index is 12.4. The van der Waals surface area contributed by atoms with Crippen LogP contribution in [0.15, 0.2) is 42.5 Å². The van der Waals surface area contributed by atoms with Gasteiger partial charge in [0, 0.05) is 18.8 Å². The summed E-state index contributed by atoms with van der Waals surface area (Å²) >= 11 is 6.04. The Labute approximate surface area is 192 Å². The van der Waals surface area contributed by atoms with Gasteiger partial charge in [0.2, 0.25) is 0 Å². The van der Waals surface area contributed by atoms with Crippen LogP contribution < -0.4 is 10.2 Å². The number of alkyl halides is 3. The first-order chi connectivity index (χ1) is 15.4. The molecule has 1 heterocycles. The molecule has 3 rings (SSSR count).